The molecule has 2 aromatic heterocycles. The first kappa shape index (κ1) is 10.8. The summed E-state index contributed by atoms with van der Waals surface area (Å²) in [5.74, 6) is -0.242. The molecule has 0 saturated carbocycles. The first-order chi connectivity index (χ1) is 9.31. The Morgan fingerprint density at radius 1 is 1.32 bits per heavy atom. The molecule has 3 heterocycles. The standard InChI is InChI=1S/C13H9FN4S/c14-7-1-2-8-10(5-7)19-13(18-8)12-11-9(3-4-15-12)16-6-17-11/h1-2,5-6H,3-4H2,(H,16,17). The molecule has 0 atom stereocenters. The maximum absolute atomic E-state index is 13.2. The van der Waals surface area contributed by atoms with Crippen LogP contribution in [0.5, 0.6) is 0 Å². The molecule has 0 amide bonds. The maximum Gasteiger partial charge on any atom is 0.144 e. The van der Waals surface area contributed by atoms with E-state index >= 15 is 0 Å². The van der Waals surface area contributed by atoms with Gasteiger partial charge in [-0.2, -0.15) is 0 Å². The van der Waals surface area contributed by atoms with Crippen molar-refractivity contribution in [3.8, 4) is 0 Å². The molecule has 0 aliphatic carbocycles. The van der Waals surface area contributed by atoms with Gasteiger partial charge in [0.1, 0.15) is 22.2 Å². The van der Waals surface area contributed by atoms with E-state index in [1.807, 2.05) is 0 Å². The summed E-state index contributed by atoms with van der Waals surface area (Å²) >= 11 is 1.45. The topological polar surface area (TPSA) is 53.9 Å². The van der Waals surface area contributed by atoms with Crippen LogP contribution >= 0.6 is 11.3 Å². The molecule has 0 fully saturated rings. The van der Waals surface area contributed by atoms with Gasteiger partial charge in [0.25, 0.3) is 0 Å². The van der Waals surface area contributed by atoms with E-state index in [2.05, 4.69) is 19.9 Å². The van der Waals surface area contributed by atoms with Crippen LogP contribution in [0.4, 0.5) is 4.39 Å². The molecule has 1 N–H and O–H groups in total. The number of nitrogens with one attached hydrogen (secondary N) is 1. The van der Waals surface area contributed by atoms with Gasteiger partial charge >= 0.3 is 0 Å². The molecule has 6 heteroatoms. The van der Waals surface area contributed by atoms with Gasteiger partial charge in [0, 0.05) is 18.7 Å². The predicted molar refractivity (Wildman–Crippen MR) is 72.4 cm³/mol. The van der Waals surface area contributed by atoms with Gasteiger partial charge in [-0.3, -0.25) is 4.99 Å². The van der Waals surface area contributed by atoms with E-state index in [1.54, 1.807) is 12.4 Å². The number of hydrogen-bond donors (Lipinski definition) is 1. The van der Waals surface area contributed by atoms with Crippen molar-refractivity contribution in [2.24, 2.45) is 4.99 Å². The predicted octanol–water partition coefficient (Wildman–Crippen LogP) is 2.55. The van der Waals surface area contributed by atoms with Gasteiger partial charge in [-0.05, 0) is 18.2 Å². The molecule has 0 bridgehead atoms. The number of nitrogens with zero attached hydrogens (tertiary/aromatic N) is 3. The van der Waals surface area contributed by atoms with E-state index < -0.39 is 0 Å². The first-order valence-electron chi connectivity index (χ1n) is 5.95. The molecule has 4 rings (SSSR count). The van der Waals surface area contributed by atoms with E-state index in [1.165, 1.54) is 23.5 Å². The monoisotopic (exact) mass is 272 g/mol. The minimum Gasteiger partial charge on any atom is -0.348 e. The minimum atomic E-state index is -0.242. The Morgan fingerprint density at radius 3 is 3.21 bits per heavy atom. The number of fused-ring (bicyclic) bond motifs is 2. The lowest BCUT2D eigenvalue weighted by Gasteiger charge is -2.08. The second kappa shape index (κ2) is 3.96. The van der Waals surface area contributed by atoms with Crippen LogP contribution in [0.25, 0.3) is 10.2 Å². The van der Waals surface area contributed by atoms with E-state index in [0.717, 1.165) is 45.3 Å². The molecule has 19 heavy (non-hydrogen) atoms. The normalized spacial score (nSPS) is 14.5. The number of aliphatic imine (C=N–C) groups is 1. The summed E-state index contributed by atoms with van der Waals surface area (Å²) in [6.45, 7) is 0.731. The molecule has 3 aromatic rings. The molecule has 1 aliphatic heterocycles. The van der Waals surface area contributed by atoms with Crippen LogP contribution in [0.15, 0.2) is 29.5 Å². The lowest BCUT2D eigenvalue weighted by atomic mass is 10.1. The Hall–Kier alpha value is -2.08. The van der Waals surface area contributed by atoms with E-state index in [-0.39, 0.29) is 5.82 Å². The number of imidazole rings is 1. The van der Waals surface area contributed by atoms with Crippen molar-refractivity contribution in [3.63, 3.8) is 0 Å². The third-order valence-corrected chi connectivity index (χ3v) is 4.15. The van der Waals surface area contributed by atoms with Gasteiger partial charge in [-0.15, -0.1) is 11.3 Å². The number of H-pyrrole nitrogens is 1. The summed E-state index contributed by atoms with van der Waals surface area (Å²) in [5, 5.41) is 0.800. The van der Waals surface area contributed by atoms with Crippen molar-refractivity contribution in [1.82, 2.24) is 15.0 Å². The number of aromatic nitrogens is 3. The van der Waals surface area contributed by atoms with Gasteiger partial charge < -0.3 is 4.98 Å². The number of aromatic amines is 1. The Morgan fingerprint density at radius 2 is 2.26 bits per heavy atom. The van der Waals surface area contributed by atoms with Crippen LogP contribution in [0.1, 0.15) is 16.4 Å². The second-order valence-corrected chi connectivity index (χ2v) is 5.37. The molecular formula is C13H9FN4S. The van der Waals surface area contributed by atoms with Crippen LogP contribution in [0, 0.1) is 5.82 Å². The summed E-state index contributed by atoms with van der Waals surface area (Å²) in [6.07, 6.45) is 2.55. The quantitative estimate of drug-likeness (QED) is 0.740. The molecule has 1 aromatic carbocycles. The van der Waals surface area contributed by atoms with Crippen molar-refractivity contribution >= 4 is 27.3 Å². The Bertz CT molecular complexity index is 802. The Labute approximate surface area is 112 Å². The Balaban J connectivity index is 1.89. The van der Waals surface area contributed by atoms with Gasteiger partial charge in [0.2, 0.25) is 0 Å². The molecule has 94 valence electrons. The summed E-state index contributed by atoms with van der Waals surface area (Å²) < 4.78 is 14.0. The van der Waals surface area contributed by atoms with Crippen LogP contribution in [-0.2, 0) is 6.42 Å². The zero-order valence-corrected chi connectivity index (χ0v) is 10.7. The van der Waals surface area contributed by atoms with E-state index in [9.17, 15) is 4.39 Å². The van der Waals surface area contributed by atoms with Gasteiger partial charge in [0.05, 0.1) is 16.5 Å². The molecule has 0 radical (unpaired) electrons. The van der Waals surface area contributed by atoms with Crippen molar-refractivity contribution in [2.75, 3.05) is 6.54 Å². The largest absolute Gasteiger partial charge is 0.348 e. The highest BCUT2D eigenvalue weighted by Crippen LogP contribution is 2.26. The van der Waals surface area contributed by atoms with Crippen LogP contribution in [0.2, 0.25) is 0 Å². The van der Waals surface area contributed by atoms with Crippen LogP contribution in [-0.4, -0.2) is 27.2 Å². The van der Waals surface area contributed by atoms with Gasteiger partial charge in [-0.25, -0.2) is 14.4 Å². The average Bonchev–Trinajstić information content (AvgIpc) is 3.03. The van der Waals surface area contributed by atoms with Crippen LogP contribution < -0.4 is 0 Å². The lowest BCUT2D eigenvalue weighted by Crippen LogP contribution is -2.13. The number of rotatable bonds is 1. The van der Waals surface area contributed by atoms with E-state index in [4.69, 9.17) is 0 Å². The molecule has 0 unspecified atom stereocenters. The third-order valence-electron chi connectivity index (χ3n) is 3.13. The summed E-state index contributed by atoms with van der Waals surface area (Å²) in [6, 6.07) is 4.62. The lowest BCUT2D eigenvalue weighted by molar-refractivity contribution is 0.630. The smallest absolute Gasteiger partial charge is 0.144 e. The van der Waals surface area contributed by atoms with Crippen LogP contribution in [0.3, 0.4) is 0 Å². The molecular weight excluding hydrogens is 263 g/mol. The number of hydrogen-bond acceptors (Lipinski definition) is 4. The Kier molecular flexibility index (Phi) is 2.25. The third kappa shape index (κ3) is 1.67. The molecule has 1 aliphatic rings. The molecule has 0 saturated heterocycles. The fourth-order valence-electron chi connectivity index (χ4n) is 2.24. The highest BCUT2D eigenvalue weighted by molar-refractivity contribution is 7.20. The van der Waals surface area contributed by atoms with Gasteiger partial charge in [-0.1, -0.05) is 0 Å². The van der Waals surface area contributed by atoms with Crippen molar-refractivity contribution < 1.29 is 4.39 Å². The number of benzene rings is 1. The maximum atomic E-state index is 13.2. The summed E-state index contributed by atoms with van der Waals surface area (Å²) in [7, 11) is 0. The van der Waals surface area contributed by atoms with Crippen molar-refractivity contribution in [2.45, 2.75) is 6.42 Å². The van der Waals surface area contributed by atoms with E-state index in [0.29, 0.717) is 0 Å². The SMILES string of the molecule is Fc1ccc2nc(C3=NCCc4[nH]cnc43)sc2c1. The fraction of sp³-hybridized carbons (Fsp3) is 0.154. The molecule has 0 spiro atoms. The minimum absolute atomic E-state index is 0.242. The highest BCUT2D eigenvalue weighted by Gasteiger charge is 2.21. The van der Waals surface area contributed by atoms with Crippen molar-refractivity contribution in [1.29, 1.82) is 0 Å². The number of halogens is 1. The average molecular weight is 272 g/mol. The summed E-state index contributed by atoms with van der Waals surface area (Å²) in [4.78, 5) is 16.5. The highest BCUT2D eigenvalue weighted by atomic mass is 32.1. The fourth-order valence-corrected chi connectivity index (χ4v) is 3.24. The second-order valence-electron chi connectivity index (χ2n) is 4.34. The van der Waals surface area contributed by atoms with Crippen molar-refractivity contribution in [3.05, 3.63) is 46.7 Å². The zero-order valence-electron chi connectivity index (χ0n) is 9.85. The number of thiazole rings is 1. The molecule has 4 nitrogen and oxygen atoms in total. The van der Waals surface area contributed by atoms with Gasteiger partial charge in [0.15, 0.2) is 0 Å². The zero-order chi connectivity index (χ0) is 12.8. The first-order valence-corrected chi connectivity index (χ1v) is 6.76. The summed E-state index contributed by atoms with van der Waals surface area (Å²) in [5.41, 5.74) is 3.57.